The normalized spacial score (nSPS) is 11.0. The number of carbonyl (C=O) groups is 1. The molecule has 152 valence electrons. The highest BCUT2D eigenvalue weighted by Gasteiger charge is 2.12. The zero-order valence-corrected chi connectivity index (χ0v) is 17.6. The summed E-state index contributed by atoms with van der Waals surface area (Å²) in [5.74, 6) is -0.215. The number of hydrogen-bond donors (Lipinski definition) is 1. The van der Waals surface area contributed by atoms with E-state index in [0.29, 0.717) is 16.0 Å². The second-order valence-corrected chi connectivity index (χ2v) is 8.21. The van der Waals surface area contributed by atoms with Crippen LogP contribution in [-0.4, -0.2) is 25.9 Å². The summed E-state index contributed by atoms with van der Waals surface area (Å²) in [4.78, 5) is 30.4. The van der Waals surface area contributed by atoms with Crippen LogP contribution in [0, 0.1) is 13.8 Å². The molecule has 4 rings (SSSR count). The monoisotopic (exact) mass is 419 g/mol. The highest BCUT2D eigenvalue weighted by molar-refractivity contribution is 7.15. The molecule has 0 aliphatic heterocycles. The molecule has 0 spiro atoms. The predicted molar refractivity (Wildman–Crippen MR) is 118 cm³/mol. The Bertz CT molecular complexity index is 1260. The summed E-state index contributed by atoms with van der Waals surface area (Å²) in [6, 6.07) is 15.4. The fourth-order valence-corrected chi connectivity index (χ4v) is 4.11. The number of aryl methyl sites for hydroxylation is 3. The molecule has 8 heteroatoms. The number of nitrogens with zero attached hydrogens (tertiary/aromatic N) is 4. The Morgan fingerprint density at radius 3 is 2.67 bits per heavy atom. The van der Waals surface area contributed by atoms with Crippen molar-refractivity contribution in [3.8, 4) is 0 Å². The largest absolute Gasteiger partial charge is 0.302 e. The van der Waals surface area contributed by atoms with Crippen LogP contribution in [0.1, 0.15) is 28.1 Å². The number of nitrogens with one attached hydrogen (secondary N) is 1. The van der Waals surface area contributed by atoms with Crippen molar-refractivity contribution < 1.29 is 4.79 Å². The van der Waals surface area contributed by atoms with Crippen LogP contribution in [0.25, 0.3) is 10.9 Å². The number of anilines is 1. The number of thiazole rings is 1. The topological polar surface area (TPSA) is 89.8 Å². The number of rotatable bonds is 6. The molecule has 30 heavy (non-hydrogen) atoms. The summed E-state index contributed by atoms with van der Waals surface area (Å²) in [5, 5.41) is 11.8. The molecular formula is C22H21N5O2S. The molecule has 7 nitrogen and oxygen atoms in total. The SMILES string of the molecule is Cc1ccc(Cc2sc(NC(=O)CCn3nnc4ccccc4c3=O)nc2C)cc1. The van der Waals surface area contributed by atoms with E-state index >= 15 is 0 Å². The van der Waals surface area contributed by atoms with Crippen LogP contribution in [0.5, 0.6) is 0 Å². The molecule has 2 aromatic heterocycles. The second-order valence-electron chi connectivity index (χ2n) is 7.12. The van der Waals surface area contributed by atoms with E-state index in [1.807, 2.05) is 6.92 Å². The van der Waals surface area contributed by atoms with Gasteiger partial charge in [0, 0.05) is 17.7 Å². The van der Waals surface area contributed by atoms with Gasteiger partial charge in [-0.15, -0.1) is 16.4 Å². The minimum absolute atomic E-state index is 0.110. The Morgan fingerprint density at radius 1 is 1.10 bits per heavy atom. The van der Waals surface area contributed by atoms with E-state index in [-0.39, 0.29) is 24.4 Å². The van der Waals surface area contributed by atoms with Gasteiger partial charge in [0.25, 0.3) is 5.56 Å². The van der Waals surface area contributed by atoms with E-state index in [1.54, 1.807) is 24.3 Å². The van der Waals surface area contributed by atoms with Crippen molar-refractivity contribution in [3.63, 3.8) is 0 Å². The number of fused-ring (bicyclic) bond motifs is 1. The van der Waals surface area contributed by atoms with Crippen molar-refractivity contribution in [2.24, 2.45) is 0 Å². The molecule has 4 aromatic rings. The van der Waals surface area contributed by atoms with Gasteiger partial charge >= 0.3 is 0 Å². The summed E-state index contributed by atoms with van der Waals surface area (Å²) in [5.41, 5.74) is 3.64. The lowest BCUT2D eigenvalue weighted by molar-refractivity contribution is -0.116. The number of amides is 1. The lowest BCUT2D eigenvalue weighted by Crippen LogP contribution is -2.26. The van der Waals surface area contributed by atoms with Crippen LogP contribution in [0.4, 0.5) is 5.13 Å². The van der Waals surface area contributed by atoms with Gasteiger partial charge in [0.15, 0.2) is 5.13 Å². The maximum Gasteiger partial charge on any atom is 0.277 e. The summed E-state index contributed by atoms with van der Waals surface area (Å²) in [7, 11) is 0. The molecule has 0 aliphatic carbocycles. The van der Waals surface area contributed by atoms with Gasteiger partial charge < -0.3 is 5.32 Å². The molecule has 0 atom stereocenters. The smallest absolute Gasteiger partial charge is 0.277 e. The molecule has 0 unspecified atom stereocenters. The second kappa shape index (κ2) is 8.54. The van der Waals surface area contributed by atoms with Gasteiger partial charge in [0.1, 0.15) is 5.52 Å². The van der Waals surface area contributed by atoms with E-state index in [9.17, 15) is 9.59 Å². The fourth-order valence-electron chi connectivity index (χ4n) is 3.10. The molecule has 0 bridgehead atoms. The van der Waals surface area contributed by atoms with Crippen LogP contribution >= 0.6 is 11.3 Å². The number of carbonyl (C=O) groups excluding carboxylic acids is 1. The first-order valence-corrected chi connectivity index (χ1v) is 10.5. The Kier molecular flexibility index (Phi) is 5.67. The summed E-state index contributed by atoms with van der Waals surface area (Å²) < 4.78 is 1.22. The maximum absolute atomic E-state index is 12.5. The number of hydrogen-bond acceptors (Lipinski definition) is 6. The van der Waals surface area contributed by atoms with Crippen molar-refractivity contribution in [1.82, 2.24) is 20.0 Å². The average molecular weight is 420 g/mol. The molecule has 1 N–H and O–H groups in total. The molecular weight excluding hydrogens is 398 g/mol. The first kappa shape index (κ1) is 19.9. The zero-order chi connectivity index (χ0) is 21.1. The maximum atomic E-state index is 12.5. The van der Waals surface area contributed by atoms with Crippen LogP contribution in [0.15, 0.2) is 53.3 Å². The Labute approximate surface area is 177 Å². The lowest BCUT2D eigenvalue weighted by atomic mass is 10.1. The van der Waals surface area contributed by atoms with Gasteiger partial charge in [0.2, 0.25) is 5.91 Å². The Balaban J connectivity index is 1.39. The number of aromatic nitrogens is 4. The van der Waals surface area contributed by atoms with E-state index < -0.39 is 0 Å². The van der Waals surface area contributed by atoms with Crippen molar-refractivity contribution in [2.75, 3.05) is 5.32 Å². The highest BCUT2D eigenvalue weighted by Crippen LogP contribution is 2.25. The molecule has 0 radical (unpaired) electrons. The highest BCUT2D eigenvalue weighted by atomic mass is 32.1. The van der Waals surface area contributed by atoms with Crippen molar-refractivity contribution >= 4 is 33.3 Å². The standard InChI is InChI=1S/C22H21N5O2S/c1-14-7-9-16(10-8-14)13-19-15(2)23-22(30-19)24-20(28)11-12-27-21(29)17-5-3-4-6-18(17)25-26-27/h3-10H,11-13H2,1-2H3,(H,23,24,28). The van der Waals surface area contributed by atoms with E-state index in [1.165, 1.54) is 27.1 Å². The van der Waals surface area contributed by atoms with Crippen molar-refractivity contribution in [3.05, 3.63) is 80.6 Å². The Hall–Kier alpha value is -3.39. The van der Waals surface area contributed by atoms with Crippen molar-refractivity contribution in [2.45, 2.75) is 33.2 Å². The van der Waals surface area contributed by atoms with Gasteiger partial charge in [-0.3, -0.25) is 9.59 Å². The van der Waals surface area contributed by atoms with Crippen LogP contribution < -0.4 is 10.9 Å². The van der Waals surface area contributed by atoms with Gasteiger partial charge in [0.05, 0.1) is 17.6 Å². The summed E-state index contributed by atoms with van der Waals surface area (Å²) >= 11 is 1.47. The third-order valence-corrected chi connectivity index (χ3v) is 5.88. The third-order valence-electron chi connectivity index (χ3n) is 4.80. The van der Waals surface area contributed by atoms with Crippen molar-refractivity contribution in [1.29, 1.82) is 0 Å². The minimum Gasteiger partial charge on any atom is -0.302 e. The quantitative estimate of drug-likeness (QED) is 0.517. The molecule has 1 amide bonds. The van der Waals surface area contributed by atoms with Gasteiger partial charge in [-0.25, -0.2) is 9.67 Å². The van der Waals surface area contributed by atoms with E-state index in [2.05, 4.69) is 51.8 Å². The van der Waals surface area contributed by atoms with Gasteiger partial charge in [-0.2, -0.15) is 0 Å². The molecule has 2 heterocycles. The van der Waals surface area contributed by atoms with Crippen LogP contribution in [0.3, 0.4) is 0 Å². The third kappa shape index (κ3) is 4.44. The van der Waals surface area contributed by atoms with Crippen LogP contribution in [0.2, 0.25) is 0 Å². The molecule has 2 aromatic carbocycles. The predicted octanol–water partition coefficient (Wildman–Crippen LogP) is 3.48. The number of benzene rings is 2. The first-order valence-electron chi connectivity index (χ1n) is 9.64. The first-order chi connectivity index (χ1) is 14.5. The fraction of sp³-hybridized carbons (Fsp3) is 0.227. The summed E-state index contributed by atoms with van der Waals surface area (Å²) in [6.45, 7) is 4.16. The molecule has 0 fully saturated rings. The molecule has 0 aliphatic rings. The molecule has 0 saturated carbocycles. The van der Waals surface area contributed by atoms with Gasteiger partial charge in [-0.05, 0) is 31.5 Å². The average Bonchev–Trinajstić information content (AvgIpc) is 3.08. The summed E-state index contributed by atoms with van der Waals surface area (Å²) in [6.07, 6.45) is 0.889. The molecule has 0 saturated heterocycles. The minimum atomic E-state index is -0.251. The van der Waals surface area contributed by atoms with E-state index in [4.69, 9.17) is 0 Å². The van der Waals surface area contributed by atoms with Crippen LogP contribution in [-0.2, 0) is 17.8 Å². The lowest BCUT2D eigenvalue weighted by Gasteiger charge is -2.04. The van der Waals surface area contributed by atoms with Gasteiger partial charge in [-0.1, -0.05) is 47.2 Å². The Morgan fingerprint density at radius 2 is 1.87 bits per heavy atom. The zero-order valence-electron chi connectivity index (χ0n) is 16.8. The van der Waals surface area contributed by atoms with E-state index in [0.717, 1.165) is 17.0 Å².